The highest BCUT2D eigenvalue weighted by molar-refractivity contribution is 6.34. The van der Waals surface area contributed by atoms with Gasteiger partial charge in [-0.3, -0.25) is 4.79 Å². The maximum Gasteiger partial charge on any atom is 0.246 e. The number of amides is 1. The molecule has 0 radical (unpaired) electrons. The van der Waals surface area contributed by atoms with Crippen molar-refractivity contribution >= 4 is 34.8 Å². The minimum absolute atomic E-state index is 0.179. The number of rotatable bonds is 4. The van der Waals surface area contributed by atoms with Gasteiger partial charge in [0.05, 0.1) is 5.69 Å². The van der Waals surface area contributed by atoms with E-state index in [9.17, 15) is 13.6 Å². The third-order valence-electron chi connectivity index (χ3n) is 4.47. The van der Waals surface area contributed by atoms with Crippen molar-refractivity contribution in [1.29, 1.82) is 0 Å². The van der Waals surface area contributed by atoms with E-state index < -0.39 is 17.7 Å². The summed E-state index contributed by atoms with van der Waals surface area (Å²) in [5, 5.41) is 4.14. The van der Waals surface area contributed by atoms with Gasteiger partial charge < -0.3 is 15.1 Å². The summed E-state index contributed by atoms with van der Waals surface area (Å²) in [4.78, 5) is 16.2. The third kappa shape index (κ3) is 4.69. The van der Waals surface area contributed by atoms with Gasteiger partial charge in [0.25, 0.3) is 0 Å². The van der Waals surface area contributed by atoms with Crippen molar-refractivity contribution in [2.75, 3.05) is 31.6 Å². The molecule has 0 aromatic heterocycles. The molecule has 0 spiro atoms. The third-order valence-corrected chi connectivity index (χ3v) is 4.90. The molecule has 144 valence electrons. The van der Waals surface area contributed by atoms with E-state index >= 15 is 0 Å². The zero-order valence-electron chi connectivity index (χ0n) is 14.7. The predicted molar refractivity (Wildman–Crippen MR) is 103 cm³/mol. The van der Waals surface area contributed by atoms with Gasteiger partial charge in [0, 0.05) is 49.3 Å². The van der Waals surface area contributed by atoms with Gasteiger partial charge in [0.1, 0.15) is 17.7 Å². The molecule has 0 saturated carbocycles. The molecule has 1 heterocycles. The van der Waals surface area contributed by atoms with Crippen LogP contribution in [0.3, 0.4) is 0 Å². The number of likely N-dealkylation sites (N-methyl/N-ethyl adjacent to an activating group) is 1. The SMILES string of the molecule is CN(Cc1cc(Cl)cc(Cl)c1)C(=O)C1CNCCN1c1ccc(F)cc1F. The lowest BCUT2D eigenvalue weighted by molar-refractivity contribution is -0.132. The summed E-state index contributed by atoms with van der Waals surface area (Å²) in [5.74, 6) is -1.51. The highest BCUT2D eigenvalue weighted by Crippen LogP contribution is 2.25. The normalized spacial score (nSPS) is 17.1. The number of piperazine rings is 1. The van der Waals surface area contributed by atoms with Gasteiger partial charge in [0.15, 0.2) is 0 Å². The van der Waals surface area contributed by atoms with Gasteiger partial charge in [0.2, 0.25) is 5.91 Å². The molecule has 1 amide bonds. The van der Waals surface area contributed by atoms with Gasteiger partial charge in [-0.15, -0.1) is 0 Å². The molecule has 1 unspecified atom stereocenters. The van der Waals surface area contributed by atoms with Gasteiger partial charge >= 0.3 is 0 Å². The lowest BCUT2D eigenvalue weighted by atomic mass is 10.1. The van der Waals surface area contributed by atoms with E-state index in [0.29, 0.717) is 36.2 Å². The van der Waals surface area contributed by atoms with E-state index in [1.807, 2.05) is 0 Å². The Morgan fingerprint density at radius 3 is 2.59 bits per heavy atom. The number of nitrogens with one attached hydrogen (secondary N) is 1. The molecule has 1 aliphatic rings. The average Bonchev–Trinajstić information content (AvgIpc) is 2.60. The fourth-order valence-corrected chi connectivity index (χ4v) is 3.81. The molecule has 27 heavy (non-hydrogen) atoms. The Labute approximate surface area is 166 Å². The fourth-order valence-electron chi connectivity index (χ4n) is 3.24. The average molecular weight is 414 g/mol. The fraction of sp³-hybridized carbons (Fsp3) is 0.316. The Balaban J connectivity index is 1.80. The zero-order valence-corrected chi connectivity index (χ0v) is 16.2. The van der Waals surface area contributed by atoms with Crippen LogP contribution in [0.2, 0.25) is 10.0 Å². The quantitative estimate of drug-likeness (QED) is 0.829. The van der Waals surface area contributed by atoms with Crippen LogP contribution in [0.1, 0.15) is 5.56 Å². The molecule has 4 nitrogen and oxygen atoms in total. The predicted octanol–water partition coefficient (Wildman–Crippen LogP) is 3.71. The Kier molecular flexibility index (Phi) is 6.19. The van der Waals surface area contributed by atoms with Crippen LogP contribution < -0.4 is 10.2 Å². The number of carbonyl (C=O) groups excluding carboxylic acids is 1. The highest BCUT2D eigenvalue weighted by atomic mass is 35.5. The van der Waals surface area contributed by atoms with E-state index in [2.05, 4.69) is 5.32 Å². The zero-order chi connectivity index (χ0) is 19.6. The van der Waals surface area contributed by atoms with Crippen molar-refractivity contribution in [3.8, 4) is 0 Å². The van der Waals surface area contributed by atoms with E-state index in [-0.39, 0.29) is 11.6 Å². The van der Waals surface area contributed by atoms with Crippen LogP contribution in [-0.4, -0.2) is 43.5 Å². The molecular formula is C19H19Cl2F2N3O. The van der Waals surface area contributed by atoms with Crippen LogP contribution in [0.25, 0.3) is 0 Å². The summed E-state index contributed by atoms with van der Waals surface area (Å²) < 4.78 is 27.5. The summed E-state index contributed by atoms with van der Waals surface area (Å²) in [7, 11) is 1.67. The number of carbonyl (C=O) groups is 1. The molecule has 0 aliphatic carbocycles. The van der Waals surface area contributed by atoms with Crippen LogP contribution in [0.5, 0.6) is 0 Å². The number of halogens is 4. The van der Waals surface area contributed by atoms with Crippen molar-refractivity contribution < 1.29 is 13.6 Å². The number of nitrogens with zero attached hydrogens (tertiary/aromatic N) is 2. The monoisotopic (exact) mass is 413 g/mol. The second kappa shape index (κ2) is 8.42. The first-order valence-electron chi connectivity index (χ1n) is 8.47. The van der Waals surface area contributed by atoms with E-state index in [1.54, 1.807) is 35.0 Å². The van der Waals surface area contributed by atoms with Gasteiger partial charge in [-0.2, -0.15) is 0 Å². The molecule has 0 bridgehead atoms. The standard InChI is InChI=1S/C19H19Cl2F2N3O/c1-25(11-12-6-13(20)8-14(21)7-12)19(27)18-10-24-4-5-26(18)17-3-2-15(22)9-16(17)23/h2-3,6-9,18,24H,4-5,10-11H2,1H3. The molecule has 1 aliphatic heterocycles. The molecule has 3 rings (SSSR count). The van der Waals surface area contributed by atoms with Crippen LogP contribution >= 0.6 is 23.2 Å². The molecule has 1 N–H and O–H groups in total. The lowest BCUT2D eigenvalue weighted by Crippen LogP contribution is -2.58. The smallest absolute Gasteiger partial charge is 0.246 e. The van der Waals surface area contributed by atoms with Crippen molar-refractivity contribution in [1.82, 2.24) is 10.2 Å². The number of anilines is 1. The first kappa shape index (κ1) is 19.9. The molecule has 8 heteroatoms. The maximum absolute atomic E-state index is 14.3. The largest absolute Gasteiger partial charge is 0.355 e. The van der Waals surface area contributed by atoms with Crippen molar-refractivity contribution in [3.63, 3.8) is 0 Å². The first-order valence-corrected chi connectivity index (χ1v) is 9.23. The summed E-state index contributed by atoms with van der Waals surface area (Å²) in [6, 6.07) is 7.90. The van der Waals surface area contributed by atoms with Crippen molar-refractivity contribution in [2.45, 2.75) is 12.6 Å². The lowest BCUT2D eigenvalue weighted by Gasteiger charge is -2.38. The molecule has 1 atom stereocenters. The Hall–Kier alpha value is -1.89. The van der Waals surface area contributed by atoms with Crippen LogP contribution in [-0.2, 0) is 11.3 Å². The summed E-state index contributed by atoms with van der Waals surface area (Å²) in [6.07, 6.45) is 0. The maximum atomic E-state index is 14.3. The molecule has 2 aromatic rings. The minimum atomic E-state index is -0.682. The van der Waals surface area contributed by atoms with Gasteiger partial charge in [-0.1, -0.05) is 23.2 Å². The highest BCUT2D eigenvalue weighted by Gasteiger charge is 2.32. The van der Waals surface area contributed by atoms with E-state index in [4.69, 9.17) is 23.2 Å². The van der Waals surface area contributed by atoms with Crippen molar-refractivity contribution in [2.24, 2.45) is 0 Å². The number of benzene rings is 2. The van der Waals surface area contributed by atoms with Crippen LogP contribution in [0.15, 0.2) is 36.4 Å². The molecule has 2 aromatic carbocycles. The second-order valence-corrected chi connectivity index (χ2v) is 7.35. The van der Waals surface area contributed by atoms with Gasteiger partial charge in [-0.05, 0) is 35.9 Å². The summed E-state index contributed by atoms with van der Waals surface area (Å²) >= 11 is 12.0. The molecular weight excluding hydrogens is 395 g/mol. The van der Waals surface area contributed by atoms with Crippen LogP contribution in [0.4, 0.5) is 14.5 Å². The van der Waals surface area contributed by atoms with E-state index in [1.165, 1.54) is 12.1 Å². The minimum Gasteiger partial charge on any atom is -0.355 e. The molecule has 1 saturated heterocycles. The second-order valence-electron chi connectivity index (χ2n) is 6.48. The topological polar surface area (TPSA) is 35.6 Å². The summed E-state index contributed by atoms with van der Waals surface area (Å²) in [5.41, 5.74) is 1.02. The first-order chi connectivity index (χ1) is 12.8. The number of hydrogen-bond acceptors (Lipinski definition) is 3. The van der Waals surface area contributed by atoms with Gasteiger partial charge in [-0.25, -0.2) is 8.78 Å². The Morgan fingerprint density at radius 1 is 1.22 bits per heavy atom. The Bertz CT molecular complexity index is 829. The van der Waals surface area contributed by atoms with E-state index in [0.717, 1.165) is 11.6 Å². The summed E-state index contributed by atoms with van der Waals surface area (Å²) in [6.45, 7) is 1.73. The Morgan fingerprint density at radius 2 is 1.93 bits per heavy atom. The van der Waals surface area contributed by atoms with Crippen LogP contribution in [0, 0.1) is 11.6 Å². The number of hydrogen-bond donors (Lipinski definition) is 1. The molecule has 1 fully saturated rings. The van der Waals surface area contributed by atoms with Crippen molar-refractivity contribution in [3.05, 3.63) is 63.6 Å².